The Bertz CT molecular complexity index is 595. The Morgan fingerprint density at radius 2 is 2.23 bits per heavy atom. The quantitative estimate of drug-likeness (QED) is 0.580. The number of nitrogens with zero attached hydrogens (tertiary/aromatic N) is 5. The Labute approximate surface area is 129 Å². The molecule has 2 aliphatic rings. The van der Waals surface area contributed by atoms with Gasteiger partial charge < -0.3 is 4.90 Å². The van der Waals surface area contributed by atoms with Gasteiger partial charge in [-0.25, -0.2) is 9.78 Å². The first-order valence-corrected chi connectivity index (χ1v) is 7.74. The minimum absolute atomic E-state index is 0.0822. The highest BCUT2D eigenvalue weighted by Gasteiger charge is 2.36. The van der Waals surface area contributed by atoms with Crippen molar-refractivity contribution in [2.45, 2.75) is 25.7 Å². The summed E-state index contributed by atoms with van der Waals surface area (Å²) in [5.41, 5.74) is 0. The van der Waals surface area contributed by atoms with Crippen molar-refractivity contribution in [1.82, 2.24) is 24.6 Å². The average molecular weight is 303 g/mol. The van der Waals surface area contributed by atoms with Gasteiger partial charge >= 0.3 is 6.03 Å². The maximum atomic E-state index is 12.3. The molecule has 1 unspecified atom stereocenters. The Balaban J connectivity index is 1.49. The molecule has 1 fully saturated rings. The summed E-state index contributed by atoms with van der Waals surface area (Å²) < 4.78 is 1.66. The highest BCUT2D eigenvalue weighted by molar-refractivity contribution is 6.02. The van der Waals surface area contributed by atoms with E-state index in [1.165, 1.54) is 4.90 Å². The Morgan fingerprint density at radius 1 is 1.36 bits per heavy atom. The van der Waals surface area contributed by atoms with E-state index < -0.39 is 0 Å². The van der Waals surface area contributed by atoms with Crippen LogP contribution in [0.1, 0.15) is 25.1 Å². The number of imide groups is 1. The summed E-state index contributed by atoms with van der Waals surface area (Å²) in [6.45, 7) is 1.29. The van der Waals surface area contributed by atoms with Crippen LogP contribution in [0.4, 0.5) is 4.79 Å². The Kier molecular flexibility index (Phi) is 4.22. The van der Waals surface area contributed by atoms with E-state index in [0.29, 0.717) is 25.4 Å². The molecule has 7 nitrogen and oxygen atoms in total. The number of aromatic nitrogens is 3. The van der Waals surface area contributed by atoms with Crippen LogP contribution in [-0.4, -0.2) is 56.1 Å². The predicted octanol–water partition coefficient (Wildman–Crippen LogP) is 0.978. The van der Waals surface area contributed by atoms with Gasteiger partial charge in [0.2, 0.25) is 5.91 Å². The van der Waals surface area contributed by atoms with Crippen LogP contribution in [0, 0.1) is 5.92 Å². The van der Waals surface area contributed by atoms with Crippen LogP contribution in [0.25, 0.3) is 0 Å². The number of aryl methyl sites for hydroxylation is 2. The van der Waals surface area contributed by atoms with Gasteiger partial charge in [-0.3, -0.25) is 14.4 Å². The first-order valence-electron chi connectivity index (χ1n) is 7.74. The second-order valence-corrected chi connectivity index (χ2v) is 5.91. The normalized spacial score (nSPS) is 21.4. The molecule has 2 heterocycles. The van der Waals surface area contributed by atoms with Crippen molar-refractivity contribution in [2.75, 3.05) is 19.6 Å². The largest absolute Gasteiger partial charge is 0.327 e. The van der Waals surface area contributed by atoms with Gasteiger partial charge in [-0.15, -0.1) is 0 Å². The van der Waals surface area contributed by atoms with E-state index in [0.717, 1.165) is 25.1 Å². The molecule has 1 aromatic heterocycles. The van der Waals surface area contributed by atoms with Crippen molar-refractivity contribution in [3.63, 3.8) is 0 Å². The molecule has 0 saturated carbocycles. The molecule has 22 heavy (non-hydrogen) atoms. The van der Waals surface area contributed by atoms with Crippen molar-refractivity contribution in [3.05, 3.63) is 24.3 Å². The molecule has 118 valence electrons. The van der Waals surface area contributed by atoms with E-state index in [9.17, 15) is 9.59 Å². The highest BCUT2D eigenvalue weighted by atomic mass is 16.2. The predicted molar refractivity (Wildman–Crippen MR) is 79.9 cm³/mol. The monoisotopic (exact) mass is 303 g/mol. The lowest BCUT2D eigenvalue weighted by atomic mass is 10.1. The minimum atomic E-state index is -0.153. The number of hydrogen-bond acceptors (Lipinski definition) is 4. The molecule has 0 spiro atoms. The molecule has 1 aliphatic heterocycles. The first kappa shape index (κ1) is 14.7. The van der Waals surface area contributed by atoms with E-state index in [4.69, 9.17) is 0 Å². The fraction of sp³-hybridized carbons (Fsp3) is 0.600. The fourth-order valence-electron chi connectivity index (χ4n) is 2.96. The van der Waals surface area contributed by atoms with Crippen molar-refractivity contribution < 1.29 is 9.59 Å². The van der Waals surface area contributed by atoms with Crippen LogP contribution in [0.3, 0.4) is 0 Å². The van der Waals surface area contributed by atoms with Crippen molar-refractivity contribution >= 4 is 11.9 Å². The van der Waals surface area contributed by atoms with E-state index in [-0.39, 0.29) is 18.5 Å². The van der Waals surface area contributed by atoms with Gasteiger partial charge in [0.25, 0.3) is 0 Å². The zero-order valence-electron chi connectivity index (χ0n) is 12.8. The summed E-state index contributed by atoms with van der Waals surface area (Å²) in [4.78, 5) is 31.5. The van der Waals surface area contributed by atoms with Gasteiger partial charge in [0.1, 0.15) is 12.9 Å². The number of amides is 3. The first-order chi connectivity index (χ1) is 10.6. The molecule has 0 aromatic carbocycles. The van der Waals surface area contributed by atoms with Crippen molar-refractivity contribution in [2.24, 2.45) is 13.0 Å². The van der Waals surface area contributed by atoms with E-state index in [1.54, 1.807) is 15.9 Å². The lowest BCUT2D eigenvalue weighted by Gasteiger charge is -2.19. The Hall–Kier alpha value is -2.18. The maximum absolute atomic E-state index is 12.3. The summed E-state index contributed by atoms with van der Waals surface area (Å²) in [6.07, 6.45) is 9.44. The lowest BCUT2D eigenvalue weighted by molar-refractivity contribution is -0.125. The fourth-order valence-corrected chi connectivity index (χ4v) is 2.96. The summed E-state index contributed by atoms with van der Waals surface area (Å²) >= 11 is 0. The third-order valence-corrected chi connectivity index (χ3v) is 4.13. The molecular formula is C15H21N5O2. The minimum Gasteiger partial charge on any atom is -0.315 e. The van der Waals surface area contributed by atoms with Gasteiger partial charge in [0, 0.05) is 26.6 Å². The molecule has 1 aliphatic carbocycles. The SMILES string of the molecule is Cn1cnc(CCCN2CC(=O)N(CC3C=CCC3)C2=O)n1. The molecule has 0 radical (unpaired) electrons. The number of hydrogen-bond donors (Lipinski definition) is 0. The van der Waals surface area contributed by atoms with Crippen LogP contribution in [0.5, 0.6) is 0 Å². The zero-order chi connectivity index (χ0) is 15.5. The van der Waals surface area contributed by atoms with E-state index >= 15 is 0 Å². The third kappa shape index (κ3) is 3.18. The summed E-state index contributed by atoms with van der Waals surface area (Å²) in [5.74, 6) is 1.01. The second-order valence-electron chi connectivity index (χ2n) is 5.91. The molecule has 0 bridgehead atoms. The topological polar surface area (TPSA) is 71.3 Å². The summed E-state index contributed by atoms with van der Waals surface area (Å²) in [6, 6.07) is -0.153. The van der Waals surface area contributed by atoms with Gasteiger partial charge in [-0.1, -0.05) is 12.2 Å². The summed E-state index contributed by atoms with van der Waals surface area (Å²) in [7, 11) is 1.83. The molecule has 7 heteroatoms. The van der Waals surface area contributed by atoms with E-state index in [1.807, 2.05) is 7.05 Å². The smallest absolute Gasteiger partial charge is 0.315 e. The van der Waals surface area contributed by atoms with Gasteiger partial charge in [0.15, 0.2) is 5.82 Å². The molecule has 1 atom stereocenters. The van der Waals surface area contributed by atoms with Crippen LogP contribution in [0.15, 0.2) is 18.5 Å². The number of carbonyl (C=O) groups is 2. The second kappa shape index (κ2) is 6.29. The molecule has 1 aromatic rings. The molecular weight excluding hydrogens is 282 g/mol. The lowest BCUT2D eigenvalue weighted by Crippen LogP contribution is -2.36. The number of urea groups is 1. The van der Waals surface area contributed by atoms with Crippen molar-refractivity contribution in [3.8, 4) is 0 Å². The molecule has 3 amide bonds. The maximum Gasteiger partial charge on any atom is 0.327 e. The standard InChI is InChI=1S/C15H21N5O2/c1-18-11-16-13(17-18)7-4-8-19-10-14(21)20(15(19)22)9-12-5-2-3-6-12/h2,5,11-12H,3-4,6-10H2,1H3. The van der Waals surface area contributed by atoms with Crippen LogP contribution >= 0.6 is 0 Å². The number of allylic oxidation sites excluding steroid dienone is 1. The average Bonchev–Trinajstić information content (AvgIpc) is 3.19. The number of rotatable bonds is 6. The Morgan fingerprint density at radius 3 is 2.91 bits per heavy atom. The van der Waals surface area contributed by atoms with Crippen LogP contribution in [0.2, 0.25) is 0 Å². The van der Waals surface area contributed by atoms with Crippen LogP contribution < -0.4 is 0 Å². The van der Waals surface area contributed by atoms with Gasteiger partial charge in [-0.05, 0) is 25.2 Å². The molecule has 0 N–H and O–H groups in total. The summed E-state index contributed by atoms with van der Waals surface area (Å²) in [5, 5.41) is 4.21. The zero-order valence-corrected chi connectivity index (χ0v) is 12.8. The van der Waals surface area contributed by atoms with Crippen LogP contribution in [-0.2, 0) is 18.3 Å². The third-order valence-electron chi connectivity index (χ3n) is 4.13. The molecule has 3 rings (SSSR count). The highest BCUT2D eigenvalue weighted by Crippen LogP contribution is 2.21. The van der Waals surface area contributed by atoms with E-state index in [2.05, 4.69) is 22.2 Å². The van der Waals surface area contributed by atoms with Gasteiger partial charge in [-0.2, -0.15) is 5.10 Å². The molecule has 1 saturated heterocycles. The van der Waals surface area contributed by atoms with Crippen molar-refractivity contribution in [1.29, 1.82) is 0 Å². The number of carbonyl (C=O) groups excluding carboxylic acids is 2. The van der Waals surface area contributed by atoms with Gasteiger partial charge in [0.05, 0.1) is 0 Å².